The molecular weight excluding hydrogens is 765 g/mol. The van der Waals surface area contributed by atoms with Gasteiger partial charge in [-0.2, -0.15) is 0 Å². The summed E-state index contributed by atoms with van der Waals surface area (Å²) in [5, 5.41) is 14.7. The molecule has 2 aliphatic heterocycles. The second kappa shape index (κ2) is 24.0. The molecule has 0 spiro atoms. The molecule has 2 heterocycles. The Morgan fingerprint density at radius 3 is 1.72 bits per heavy atom. The lowest BCUT2D eigenvalue weighted by molar-refractivity contribution is -0.135. The summed E-state index contributed by atoms with van der Waals surface area (Å²) in [5.41, 5.74) is 1.05. The second-order valence-corrected chi connectivity index (χ2v) is 17.6. The molecule has 60 heavy (non-hydrogen) atoms. The Kier molecular flexibility index (Phi) is 19.2. The Morgan fingerprint density at radius 2 is 1.22 bits per heavy atom. The van der Waals surface area contributed by atoms with Crippen LogP contribution < -0.4 is 26.6 Å². The molecule has 0 aliphatic carbocycles. The Labute approximate surface area is 356 Å². The van der Waals surface area contributed by atoms with Crippen molar-refractivity contribution < 1.29 is 38.2 Å². The number of hydrogen-bond donors (Lipinski definition) is 5. The number of epoxide rings is 1. The van der Waals surface area contributed by atoms with Crippen molar-refractivity contribution >= 4 is 35.8 Å². The van der Waals surface area contributed by atoms with Gasteiger partial charge in [0.05, 0.1) is 26.4 Å². The maximum atomic E-state index is 14.2. The quantitative estimate of drug-likeness (QED) is 0.0741. The number of nitrogens with zero attached hydrogens (tertiary/aromatic N) is 1. The number of carbonyl (C=O) groups is 6. The first kappa shape index (κ1) is 48.0. The third kappa shape index (κ3) is 16.4. The van der Waals surface area contributed by atoms with Crippen LogP contribution in [0.15, 0.2) is 60.7 Å². The molecule has 2 aliphatic rings. The molecule has 2 fully saturated rings. The van der Waals surface area contributed by atoms with Crippen LogP contribution in [0.3, 0.4) is 0 Å². The molecule has 0 aromatic heterocycles. The Hall–Kier alpha value is -4.66. The molecule has 0 bridgehead atoms. The molecule has 6 atom stereocenters. The number of rotatable bonds is 25. The van der Waals surface area contributed by atoms with Crippen LogP contribution in [-0.2, 0) is 51.1 Å². The van der Waals surface area contributed by atoms with Crippen LogP contribution in [0.25, 0.3) is 0 Å². The number of aryl methyl sites for hydroxylation is 1. The van der Waals surface area contributed by atoms with Gasteiger partial charge in [0.25, 0.3) is 0 Å². The van der Waals surface area contributed by atoms with Crippen molar-refractivity contribution in [2.75, 3.05) is 46.0 Å². The van der Waals surface area contributed by atoms with Crippen LogP contribution in [0.1, 0.15) is 78.4 Å². The van der Waals surface area contributed by atoms with Crippen LogP contribution in [0.4, 0.5) is 0 Å². The Balaban J connectivity index is 1.48. The molecule has 14 nitrogen and oxygen atoms in total. The zero-order chi connectivity index (χ0) is 43.7. The van der Waals surface area contributed by atoms with E-state index in [-0.39, 0.29) is 61.3 Å². The predicted molar refractivity (Wildman–Crippen MR) is 230 cm³/mol. The van der Waals surface area contributed by atoms with Gasteiger partial charge >= 0.3 is 0 Å². The highest BCUT2D eigenvalue weighted by Crippen LogP contribution is 2.34. The fraction of sp³-hybridized carbons (Fsp3) is 0.609. The number of benzene rings is 2. The average Bonchev–Trinajstić information content (AvgIpc) is 4.00. The third-order valence-electron chi connectivity index (χ3n) is 11.1. The van der Waals surface area contributed by atoms with E-state index < -0.39 is 47.5 Å². The van der Waals surface area contributed by atoms with Gasteiger partial charge in [0.15, 0.2) is 6.29 Å². The molecule has 0 saturated carbocycles. The normalized spacial score (nSPS) is 19.1. The monoisotopic (exact) mass is 833 g/mol. The summed E-state index contributed by atoms with van der Waals surface area (Å²) in [4.78, 5) is 83.1. The topological polar surface area (TPSA) is 188 Å². The van der Waals surface area contributed by atoms with E-state index in [1.165, 1.54) is 0 Å². The molecular formula is C46H68N6O8. The number of carbonyl (C=O) groups excluding carboxylic acids is 6. The molecule has 5 N–H and O–H groups in total. The lowest BCUT2D eigenvalue weighted by Crippen LogP contribution is -2.59. The first-order chi connectivity index (χ1) is 28.7. The van der Waals surface area contributed by atoms with Crippen molar-refractivity contribution in [3.05, 3.63) is 71.8 Å². The van der Waals surface area contributed by atoms with Crippen molar-refractivity contribution in [1.29, 1.82) is 0 Å². The van der Waals surface area contributed by atoms with Crippen LogP contribution in [0.2, 0.25) is 0 Å². The van der Waals surface area contributed by atoms with Gasteiger partial charge < -0.3 is 40.9 Å². The van der Waals surface area contributed by atoms with E-state index in [4.69, 9.17) is 9.47 Å². The lowest BCUT2D eigenvalue weighted by Gasteiger charge is -2.29. The summed E-state index contributed by atoms with van der Waals surface area (Å²) in [6, 6.07) is 15.1. The molecule has 14 heteroatoms. The van der Waals surface area contributed by atoms with E-state index in [0.29, 0.717) is 58.7 Å². The zero-order valence-electron chi connectivity index (χ0n) is 36.4. The maximum absolute atomic E-state index is 14.2. The Bertz CT molecular complexity index is 1680. The van der Waals surface area contributed by atoms with Gasteiger partial charge in [0.2, 0.25) is 29.5 Å². The van der Waals surface area contributed by atoms with Gasteiger partial charge in [0, 0.05) is 26.1 Å². The molecule has 2 saturated heterocycles. The van der Waals surface area contributed by atoms with Gasteiger partial charge in [-0.3, -0.25) is 28.9 Å². The number of ether oxygens (including phenoxy) is 2. The lowest BCUT2D eigenvalue weighted by atomic mass is 9.86. The van der Waals surface area contributed by atoms with Crippen LogP contribution in [-0.4, -0.2) is 116 Å². The van der Waals surface area contributed by atoms with E-state index >= 15 is 0 Å². The number of nitrogens with one attached hydrogen (secondary N) is 5. The summed E-state index contributed by atoms with van der Waals surface area (Å²) in [5.74, 6) is -2.11. The smallest absolute Gasteiger partial charge is 0.243 e. The van der Waals surface area contributed by atoms with Gasteiger partial charge in [-0.25, -0.2) is 0 Å². The number of hydrogen-bond acceptors (Lipinski definition) is 9. The van der Waals surface area contributed by atoms with Gasteiger partial charge in [-0.15, -0.1) is 0 Å². The minimum Gasteiger partial charge on any atom is -0.379 e. The maximum Gasteiger partial charge on any atom is 0.243 e. The fourth-order valence-electron chi connectivity index (χ4n) is 7.38. The van der Waals surface area contributed by atoms with E-state index in [0.717, 1.165) is 17.4 Å². The SMILES string of the molecule is CC(C)C[C@H](NC(=O)[C@H](CCc1ccccc1)NC(=O)CN1CCOCC1)C(=O)N[C@@H](CC(C)C)C(=O)N[C@@H](Cc1ccccc1)C(=O)NCC(C[C@]1(C=O)CO1)C(C)C. The second-order valence-electron chi connectivity index (χ2n) is 17.6. The highest BCUT2D eigenvalue weighted by atomic mass is 16.6. The summed E-state index contributed by atoms with van der Waals surface area (Å²) < 4.78 is 10.8. The molecule has 330 valence electrons. The largest absolute Gasteiger partial charge is 0.379 e. The van der Waals surface area contributed by atoms with Gasteiger partial charge in [-0.05, 0) is 66.9 Å². The van der Waals surface area contributed by atoms with Crippen LogP contribution >= 0.6 is 0 Å². The molecule has 0 radical (unpaired) electrons. The molecule has 4 rings (SSSR count). The van der Waals surface area contributed by atoms with Crippen molar-refractivity contribution in [2.24, 2.45) is 23.7 Å². The number of amides is 5. The summed E-state index contributed by atoms with van der Waals surface area (Å²) in [6.45, 7) is 14.9. The third-order valence-corrected chi connectivity index (χ3v) is 11.1. The highest BCUT2D eigenvalue weighted by molar-refractivity contribution is 5.95. The fourth-order valence-corrected chi connectivity index (χ4v) is 7.38. The van der Waals surface area contributed by atoms with Crippen LogP contribution in [0, 0.1) is 23.7 Å². The predicted octanol–water partition coefficient (Wildman–Crippen LogP) is 2.97. The van der Waals surface area contributed by atoms with Crippen molar-refractivity contribution in [3.63, 3.8) is 0 Å². The molecule has 2 aromatic carbocycles. The van der Waals surface area contributed by atoms with E-state index in [2.05, 4.69) is 26.6 Å². The Morgan fingerprint density at radius 1 is 0.700 bits per heavy atom. The van der Waals surface area contributed by atoms with E-state index in [9.17, 15) is 28.8 Å². The van der Waals surface area contributed by atoms with Gasteiger partial charge in [0.1, 0.15) is 29.8 Å². The first-order valence-corrected chi connectivity index (χ1v) is 21.6. The van der Waals surface area contributed by atoms with Gasteiger partial charge in [-0.1, -0.05) is 102 Å². The summed E-state index contributed by atoms with van der Waals surface area (Å²) in [7, 11) is 0. The summed E-state index contributed by atoms with van der Waals surface area (Å²) in [6.07, 6.45) is 2.93. The molecule has 1 unspecified atom stereocenters. The number of morpholine rings is 1. The zero-order valence-corrected chi connectivity index (χ0v) is 36.4. The van der Waals surface area contributed by atoms with E-state index in [1.807, 2.05) is 107 Å². The van der Waals surface area contributed by atoms with E-state index in [1.54, 1.807) is 0 Å². The van der Waals surface area contributed by atoms with Crippen molar-refractivity contribution in [1.82, 2.24) is 31.5 Å². The number of aldehydes is 1. The first-order valence-electron chi connectivity index (χ1n) is 21.6. The van der Waals surface area contributed by atoms with Crippen molar-refractivity contribution in [2.45, 2.75) is 110 Å². The van der Waals surface area contributed by atoms with Crippen LogP contribution in [0.5, 0.6) is 0 Å². The highest BCUT2D eigenvalue weighted by Gasteiger charge is 2.46. The summed E-state index contributed by atoms with van der Waals surface area (Å²) >= 11 is 0. The molecule has 2 aromatic rings. The average molecular weight is 833 g/mol. The standard InChI is InChI=1S/C46H68N6O8/c1-31(2)23-38(49-43(56)37(18-17-34-13-9-7-10-14-34)48-41(54)28-52-19-21-59-22-20-52)44(57)50-39(24-32(3)4)45(58)51-40(25-35-15-11-8-12-16-35)42(55)47-27-36(33(5)6)26-46(29-53)30-60-46/h7-16,29,31-33,36-40H,17-28,30H2,1-6H3,(H,47,55)(H,48,54)(H,49,56)(H,50,57)(H,51,58)/t36?,37-,38-,39-,40-,46-/m0/s1. The minimum atomic E-state index is -1.01. The minimum absolute atomic E-state index is 0.00129. The molecule has 5 amide bonds. The van der Waals surface area contributed by atoms with Crippen molar-refractivity contribution in [3.8, 4) is 0 Å².